The van der Waals surface area contributed by atoms with Crippen molar-refractivity contribution in [3.05, 3.63) is 65.2 Å². The van der Waals surface area contributed by atoms with Gasteiger partial charge in [0.05, 0.1) is 14.2 Å². The van der Waals surface area contributed by atoms with Gasteiger partial charge in [0.2, 0.25) is 0 Å². The zero-order chi connectivity index (χ0) is 18.2. The van der Waals surface area contributed by atoms with Crippen LogP contribution in [0.2, 0.25) is 5.02 Å². The Kier molecular flexibility index (Phi) is 7.34. The molecular formula is C19H19ClO4S. The van der Waals surface area contributed by atoms with Crippen molar-refractivity contribution >= 4 is 35.3 Å². The lowest BCUT2D eigenvalue weighted by atomic mass is 9.99. The monoisotopic (exact) mass is 378 g/mol. The first-order chi connectivity index (χ1) is 12.0. The van der Waals surface area contributed by atoms with Crippen molar-refractivity contribution in [3.63, 3.8) is 0 Å². The van der Waals surface area contributed by atoms with Gasteiger partial charge in [0, 0.05) is 15.2 Å². The van der Waals surface area contributed by atoms with Gasteiger partial charge in [-0.2, -0.15) is 0 Å². The SMILES string of the molecule is COC(=O)C(CC(Sc1ccc(Cl)cc1)c1ccccc1)C(=O)OC. The molecule has 2 aromatic rings. The Balaban J connectivity index is 2.28. The van der Waals surface area contributed by atoms with Gasteiger partial charge in [-0.25, -0.2) is 0 Å². The predicted molar refractivity (Wildman–Crippen MR) is 98.6 cm³/mol. The maximum atomic E-state index is 12.0. The smallest absolute Gasteiger partial charge is 0.320 e. The van der Waals surface area contributed by atoms with E-state index in [9.17, 15) is 9.59 Å². The molecule has 0 aliphatic carbocycles. The largest absolute Gasteiger partial charge is 0.468 e. The van der Waals surface area contributed by atoms with E-state index in [1.165, 1.54) is 14.2 Å². The van der Waals surface area contributed by atoms with Gasteiger partial charge in [-0.05, 0) is 36.2 Å². The van der Waals surface area contributed by atoms with Gasteiger partial charge in [0.25, 0.3) is 0 Å². The quantitative estimate of drug-likeness (QED) is 0.402. The van der Waals surface area contributed by atoms with Crippen LogP contribution in [0.25, 0.3) is 0 Å². The summed E-state index contributed by atoms with van der Waals surface area (Å²) in [6.07, 6.45) is 0.274. The highest BCUT2D eigenvalue weighted by molar-refractivity contribution is 7.99. The molecule has 0 fully saturated rings. The minimum Gasteiger partial charge on any atom is -0.468 e. The van der Waals surface area contributed by atoms with Crippen molar-refractivity contribution in [2.45, 2.75) is 16.6 Å². The van der Waals surface area contributed by atoms with Crippen LogP contribution >= 0.6 is 23.4 Å². The highest BCUT2D eigenvalue weighted by atomic mass is 35.5. The van der Waals surface area contributed by atoms with Gasteiger partial charge in [-0.15, -0.1) is 11.8 Å². The standard InChI is InChI=1S/C19H19ClO4S/c1-23-18(21)16(19(22)24-2)12-17(13-6-4-3-5-7-13)25-15-10-8-14(20)9-11-15/h3-11,16-17H,12H2,1-2H3. The second-order valence-electron chi connectivity index (χ2n) is 5.31. The van der Waals surface area contributed by atoms with E-state index in [0.29, 0.717) is 5.02 Å². The molecule has 0 spiro atoms. The van der Waals surface area contributed by atoms with Crippen molar-refractivity contribution in [1.82, 2.24) is 0 Å². The summed E-state index contributed by atoms with van der Waals surface area (Å²) in [5.74, 6) is -2.16. The van der Waals surface area contributed by atoms with Crippen LogP contribution in [0.4, 0.5) is 0 Å². The molecule has 0 bridgehead atoms. The van der Waals surface area contributed by atoms with E-state index >= 15 is 0 Å². The normalized spacial score (nSPS) is 11.8. The van der Waals surface area contributed by atoms with Crippen LogP contribution in [0.1, 0.15) is 17.2 Å². The summed E-state index contributed by atoms with van der Waals surface area (Å²) in [6, 6.07) is 17.2. The van der Waals surface area contributed by atoms with Crippen LogP contribution in [0.15, 0.2) is 59.5 Å². The number of halogens is 1. The van der Waals surface area contributed by atoms with E-state index in [-0.39, 0.29) is 11.7 Å². The van der Waals surface area contributed by atoms with Crippen LogP contribution < -0.4 is 0 Å². The van der Waals surface area contributed by atoms with Crippen molar-refractivity contribution in [2.24, 2.45) is 5.92 Å². The van der Waals surface area contributed by atoms with E-state index in [1.54, 1.807) is 11.8 Å². The summed E-state index contributed by atoms with van der Waals surface area (Å²) in [4.78, 5) is 25.0. The molecule has 132 valence electrons. The molecule has 0 saturated heterocycles. The fourth-order valence-corrected chi connectivity index (χ4v) is 3.71. The minimum atomic E-state index is -0.972. The van der Waals surface area contributed by atoms with Gasteiger partial charge in [0.15, 0.2) is 5.92 Å². The molecule has 0 saturated carbocycles. The Hall–Kier alpha value is -1.98. The molecule has 1 atom stereocenters. The zero-order valence-corrected chi connectivity index (χ0v) is 15.5. The van der Waals surface area contributed by atoms with Crippen molar-refractivity contribution in [2.75, 3.05) is 14.2 Å². The Morgan fingerprint density at radius 3 is 2.04 bits per heavy atom. The maximum absolute atomic E-state index is 12.0. The van der Waals surface area contributed by atoms with Gasteiger partial charge in [0.1, 0.15) is 0 Å². The third kappa shape index (κ3) is 5.51. The summed E-state index contributed by atoms with van der Waals surface area (Å²) < 4.78 is 9.54. The van der Waals surface area contributed by atoms with Gasteiger partial charge in [-0.1, -0.05) is 41.9 Å². The number of hydrogen-bond acceptors (Lipinski definition) is 5. The molecule has 25 heavy (non-hydrogen) atoms. The molecule has 0 heterocycles. The molecule has 4 nitrogen and oxygen atoms in total. The van der Waals surface area contributed by atoms with Gasteiger partial charge >= 0.3 is 11.9 Å². The van der Waals surface area contributed by atoms with Crippen molar-refractivity contribution < 1.29 is 19.1 Å². The van der Waals surface area contributed by atoms with Crippen LogP contribution in [0, 0.1) is 5.92 Å². The Labute approximate surface area is 156 Å². The van der Waals surface area contributed by atoms with Crippen molar-refractivity contribution in [1.29, 1.82) is 0 Å². The van der Waals surface area contributed by atoms with Crippen LogP contribution in [-0.4, -0.2) is 26.2 Å². The first-order valence-corrected chi connectivity index (χ1v) is 8.93. The number of methoxy groups -OCH3 is 2. The summed E-state index contributed by atoms with van der Waals surface area (Å²) in [5.41, 5.74) is 1.01. The number of thioether (sulfide) groups is 1. The molecule has 6 heteroatoms. The van der Waals surface area contributed by atoms with Crippen molar-refractivity contribution in [3.8, 4) is 0 Å². The number of esters is 2. The van der Waals surface area contributed by atoms with E-state index in [4.69, 9.17) is 21.1 Å². The molecular weight excluding hydrogens is 360 g/mol. The molecule has 0 aromatic heterocycles. The molecule has 0 radical (unpaired) electrons. The highest BCUT2D eigenvalue weighted by Crippen LogP contribution is 2.40. The van der Waals surface area contributed by atoms with Gasteiger partial charge in [-0.3, -0.25) is 9.59 Å². The molecule has 0 N–H and O–H groups in total. The van der Waals surface area contributed by atoms with Crippen LogP contribution in [0.5, 0.6) is 0 Å². The number of carbonyl (C=O) groups excluding carboxylic acids is 2. The van der Waals surface area contributed by atoms with E-state index in [1.807, 2.05) is 54.6 Å². The molecule has 0 amide bonds. The van der Waals surface area contributed by atoms with E-state index in [0.717, 1.165) is 10.5 Å². The lowest BCUT2D eigenvalue weighted by Crippen LogP contribution is -2.27. The van der Waals surface area contributed by atoms with Gasteiger partial charge < -0.3 is 9.47 Å². The third-order valence-electron chi connectivity index (χ3n) is 3.68. The average molecular weight is 379 g/mol. The summed E-state index contributed by atoms with van der Waals surface area (Å²) in [6.45, 7) is 0. The fraction of sp³-hybridized carbons (Fsp3) is 0.263. The minimum absolute atomic E-state index is 0.120. The number of rotatable bonds is 7. The first-order valence-electron chi connectivity index (χ1n) is 7.68. The Morgan fingerprint density at radius 2 is 1.52 bits per heavy atom. The Bertz CT molecular complexity index is 687. The lowest BCUT2D eigenvalue weighted by Gasteiger charge is -2.21. The van der Waals surface area contributed by atoms with Crippen LogP contribution in [0.3, 0.4) is 0 Å². The summed E-state index contributed by atoms with van der Waals surface area (Å²) in [5, 5.41) is 0.535. The molecule has 1 unspecified atom stereocenters. The van der Waals surface area contributed by atoms with E-state index in [2.05, 4.69) is 0 Å². The highest BCUT2D eigenvalue weighted by Gasteiger charge is 2.32. The fourth-order valence-electron chi connectivity index (χ4n) is 2.38. The Morgan fingerprint density at radius 1 is 0.960 bits per heavy atom. The number of ether oxygens (including phenoxy) is 2. The van der Waals surface area contributed by atoms with Crippen LogP contribution in [-0.2, 0) is 19.1 Å². The second-order valence-corrected chi connectivity index (χ2v) is 7.02. The second kappa shape index (κ2) is 9.49. The summed E-state index contributed by atoms with van der Waals surface area (Å²) in [7, 11) is 2.53. The average Bonchev–Trinajstić information content (AvgIpc) is 2.66. The maximum Gasteiger partial charge on any atom is 0.320 e. The number of benzene rings is 2. The molecule has 2 aromatic carbocycles. The number of hydrogen-bond donors (Lipinski definition) is 0. The zero-order valence-electron chi connectivity index (χ0n) is 14.0. The predicted octanol–water partition coefficient (Wildman–Crippen LogP) is 4.53. The third-order valence-corrected chi connectivity index (χ3v) is 5.23. The topological polar surface area (TPSA) is 52.6 Å². The summed E-state index contributed by atoms with van der Waals surface area (Å²) >= 11 is 7.50. The first kappa shape index (κ1) is 19.3. The molecule has 2 rings (SSSR count). The number of carbonyl (C=O) groups is 2. The molecule has 0 aliphatic rings. The van der Waals surface area contributed by atoms with E-state index < -0.39 is 17.9 Å². The molecule has 0 aliphatic heterocycles. The lowest BCUT2D eigenvalue weighted by molar-refractivity contribution is -0.159.